The molecule has 0 atom stereocenters. The van der Waals surface area contributed by atoms with Crippen LogP contribution in [0.4, 0.5) is 8.78 Å². The van der Waals surface area contributed by atoms with Crippen LogP contribution >= 0.6 is 11.3 Å². The molecule has 0 fully saturated rings. The summed E-state index contributed by atoms with van der Waals surface area (Å²) in [6, 6.07) is 29.4. The number of ether oxygens (including phenoxy) is 1. The Kier molecular flexibility index (Phi) is 8.00. The normalized spacial score (nSPS) is 11.2. The zero-order valence-corrected chi connectivity index (χ0v) is 24.0. The highest BCUT2D eigenvalue weighted by Gasteiger charge is 2.25. The van der Waals surface area contributed by atoms with E-state index >= 15 is 0 Å². The maximum Gasteiger partial charge on any atom is 0.337 e. The maximum absolute atomic E-state index is 14.9. The first-order chi connectivity index (χ1) is 21.0. The lowest BCUT2D eigenvalue weighted by Gasteiger charge is -2.14. The van der Waals surface area contributed by atoms with E-state index in [1.807, 2.05) is 54.6 Å². The molecule has 43 heavy (non-hydrogen) atoms. The number of rotatable bonds is 9. The van der Waals surface area contributed by atoms with Crippen molar-refractivity contribution in [1.82, 2.24) is 14.5 Å². The predicted molar refractivity (Wildman–Crippen MR) is 166 cm³/mol. The van der Waals surface area contributed by atoms with Crippen molar-refractivity contribution in [2.75, 3.05) is 7.11 Å². The molecule has 0 spiro atoms. The molecule has 6 rings (SSSR count). The lowest BCUT2D eigenvalue weighted by molar-refractivity contribution is 0.415. The van der Waals surface area contributed by atoms with Crippen molar-refractivity contribution in [1.29, 1.82) is 0 Å². The van der Waals surface area contributed by atoms with Crippen molar-refractivity contribution in [3.8, 4) is 21.9 Å². The summed E-state index contributed by atoms with van der Waals surface area (Å²) < 4.78 is 37.5. The molecule has 0 radical (unpaired) electrons. The van der Waals surface area contributed by atoms with Crippen molar-refractivity contribution in [2.24, 2.45) is 0 Å². The second kappa shape index (κ2) is 12.2. The molecule has 2 heterocycles. The Labute approximate surface area is 250 Å². The van der Waals surface area contributed by atoms with E-state index in [0.717, 1.165) is 32.7 Å². The van der Waals surface area contributed by atoms with E-state index in [2.05, 4.69) is 5.32 Å². The van der Waals surface area contributed by atoms with Gasteiger partial charge in [0.1, 0.15) is 22.2 Å². The summed E-state index contributed by atoms with van der Waals surface area (Å²) in [5.74, 6) is -0.865. The average Bonchev–Trinajstić information content (AvgIpc) is 3.41. The number of para-hydroxylation sites is 1. The van der Waals surface area contributed by atoms with E-state index in [0.29, 0.717) is 40.3 Å². The van der Waals surface area contributed by atoms with Crippen LogP contribution in [0.2, 0.25) is 0 Å². The van der Waals surface area contributed by atoms with Gasteiger partial charge in [0, 0.05) is 23.5 Å². The molecule has 6 nitrogen and oxygen atoms in total. The van der Waals surface area contributed by atoms with Gasteiger partial charge in [-0.25, -0.2) is 18.1 Å². The molecule has 0 saturated carbocycles. The van der Waals surface area contributed by atoms with Gasteiger partial charge in [-0.15, -0.1) is 11.3 Å². The molecule has 216 valence electrons. The van der Waals surface area contributed by atoms with Crippen LogP contribution in [0.25, 0.3) is 26.3 Å². The summed E-state index contributed by atoms with van der Waals surface area (Å²) in [4.78, 5) is 29.4. The first-order valence-electron chi connectivity index (χ1n) is 13.6. The van der Waals surface area contributed by atoms with Crippen LogP contribution < -0.4 is 21.3 Å². The number of thiophene rings is 1. The smallest absolute Gasteiger partial charge is 0.337 e. The van der Waals surface area contributed by atoms with E-state index in [-0.39, 0.29) is 12.1 Å². The molecule has 0 unspecified atom stereocenters. The highest BCUT2D eigenvalue weighted by atomic mass is 32.1. The van der Waals surface area contributed by atoms with Crippen LogP contribution in [0.15, 0.2) is 113 Å². The van der Waals surface area contributed by atoms with Gasteiger partial charge in [0.2, 0.25) is 0 Å². The van der Waals surface area contributed by atoms with Crippen molar-refractivity contribution in [3.05, 3.63) is 152 Å². The first kappa shape index (κ1) is 28.3. The van der Waals surface area contributed by atoms with Gasteiger partial charge in [0.05, 0.1) is 24.7 Å². The van der Waals surface area contributed by atoms with E-state index < -0.39 is 22.9 Å². The second-order valence-electron chi connectivity index (χ2n) is 9.95. The first-order valence-corrected chi connectivity index (χ1v) is 14.5. The Balaban J connectivity index is 1.61. The van der Waals surface area contributed by atoms with Gasteiger partial charge in [-0.1, -0.05) is 54.6 Å². The summed E-state index contributed by atoms with van der Waals surface area (Å²) in [7, 11) is 1.58. The van der Waals surface area contributed by atoms with E-state index in [4.69, 9.17) is 4.74 Å². The standard InChI is InChI=1S/C34H27F2N3O3S/c1-42-25-17-15-23(16-18-25)31-26(20-37-19-22-9-4-2-5-10-22)30-32(40)39(24-11-6-3-7-12-24)34(41)38(33(30)43-31)21-27-28(35)13-8-14-29(27)36/h2-18,37H,19-21H2,1H3. The van der Waals surface area contributed by atoms with Gasteiger partial charge in [-0.3, -0.25) is 9.36 Å². The largest absolute Gasteiger partial charge is 0.497 e. The third-order valence-electron chi connectivity index (χ3n) is 7.29. The lowest BCUT2D eigenvalue weighted by atomic mass is 10.1. The van der Waals surface area contributed by atoms with Crippen LogP contribution in [0, 0.1) is 11.6 Å². The molecule has 0 bridgehead atoms. The van der Waals surface area contributed by atoms with E-state index in [9.17, 15) is 18.4 Å². The number of methoxy groups -OCH3 is 1. The van der Waals surface area contributed by atoms with Crippen LogP contribution in [-0.2, 0) is 19.6 Å². The van der Waals surface area contributed by atoms with Crippen LogP contribution in [0.1, 0.15) is 16.7 Å². The molecule has 2 aromatic heterocycles. The third-order valence-corrected chi connectivity index (χ3v) is 8.60. The minimum Gasteiger partial charge on any atom is -0.497 e. The average molecular weight is 596 g/mol. The molecule has 0 saturated heterocycles. The molecule has 0 amide bonds. The highest BCUT2D eigenvalue weighted by Crippen LogP contribution is 2.38. The lowest BCUT2D eigenvalue weighted by Crippen LogP contribution is -2.39. The fraction of sp³-hybridized carbons (Fsp3) is 0.118. The molecule has 6 aromatic rings. The summed E-state index contributed by atoms with van der Waals surface area (Å²) in [5, 5.41) is 3.76. The van der Waals surface area contributed by atoms with E-state index in [1.165, 1.54) is 22.0 Å². The SMILES string of the molecule is COc1ccc(-c2sc3c(c2CNCc2ccccc2)c(=O)n(-c2ccccc2)c(=O)n3Cc2c(F)cccc2F)cc1. The van der Waals surface area contributed by atoms with Crippen LogP contribution in [0.3, 0.4) is 0 Å². The van der Waals surface area contributed by atoms with Gasteiger partial charge in [0.15, 0.2) is 0 Å². The Morgan fingerprint density at radius 2 is 1.42 bits per heavy atom. The Morgan fingerprint density at radius 1 is 0.767 bits per heavy atom. The third kappa shape index (κ3) is 5.52. The topological polar surface area (TPSA) is 65.3 Å². The summed E-state index contributed by atoms with van der Waals surface area (Å²) >= 11 is 1.25. The van der Waals surface area contributed by atoms with E-state index in [1.54, 1.807) is 37.4 Å². The van der Waals surface area contributed by atoms with Crippen molar-refractivity contribution in [2.45, 2.75) is 19.6 Å². The number of benzene rings is 4. The summed E-state index contributed by atoms with van der Waals surface area (Å²) in [6.07, 6.45) is 0. The van der Waals surface area contributed by atoms with Gasteiger partial charge in [-0.2, -0.15) is 0 Å². The quantitative estimate of drug-likeness (QED) is 0.207. The zero-order chi connectivity index (χ0) is 29.9. The number of hydrogen-bond donors (Lipinski definition) is 1. The molecular weight excluding hydrogens is 568 g/mol. The van der Waals surface area contributed by atoms with Crippen LogP contribution in [0.5, 0.6) is 5.75 Å². The van der Waals surface area contributed by atoms with Crippen molar-refractivity contribution < 1.29 is 13.5 Å². The molecule has 4 aromatic carbocycles. The number of nitrogens with zero attached hydrogens (tertiary/aromatic N) is 2. The Bertz CT molecular complexity index is 2000. The summed E-state index contributed by atoms with van der Waals surface area (Å²) in [5.41, 5.74) is 1.51. The van der Waals surface area contributed by atoms with Crippen LogP contribution in [-0.4, -0.2) is 16.2 Å². The molecule has 0 aliphatic heterocycles. The van der Waals surface area contributed by atoms with Gasteiger partial charge >= 0.3 is 5.69 Å². The van der Waals surface area contributed by atoms with Crippen molar-refractivity contribution >= 4 is 21.6 Å². The number of fused-ring (bicyclic) bond motifs is 1. The fourth-order valence-electron chi connectivity index (χ4n) is 5.13. The number of halogens is 2. The molecule has 0 aliphatic rings. The van der Waals surface area contributed by atoms with Crippen molar-refractivity contribution in [3.63, 3.8) is 0 Å². The fourth-order valence-corrected chi connectivity index (χ4v) is 6.44. The number of hydrogen-bond acceptors (Lipinski definition) is 5. The number of aromatic nitrogens is 2. The molecule has 1 N–H and O–H groups in total. The maximum atomic E-state index is 14.9. The minimum atomic E-state index is -0.769. The molecule has 0 aliphatic carbocycles. The Morgan fingerprint density at radius 3 is 2.07 bits per heavy atom. The molecule has 9 heteroatoms. The van der Waals surface area contributed by atoms with Gasteiger partial charge < -0.3 is 10.1 Å². The van der Waals surface area contributed by atoms with Gasteiger partial charge in [0.25, 0.3) is 5.56 Å². The zero-order valence-electron chi connectivity index (χ0n) is 23.2. The second-order valence-corrected chi connectivity index (χ2v) is 11.0. The highest BCUT2D eigenvalue weighted by molar-refractivity contribution is 7.22. The van der Waals surface area contributed by atoms with Gasteiger partial charge in [-0.05, 0) is 65.2 Å². The number of nitrogens with one attached hydrogen (secondary N) is 1. The predicted octanol–water partition coefficient (Wildman–Crippen LogP) is 6.51. The minimum absolute atomic E-state index is 0.257. The monoisotopic (exact) mass is 595 g/mol. The summed E-state index contributed by atoms with van der Waals surface area (Å²) in [6.45, 7) is 0.472. The Hall–Kier alpha value is -4.86. The molecular formula is C34H27F2N3O3S.